The molecule has 0 aliphatic carbocycles. The first kappa shape index (κ1) is 19.3. The Balaban J connectivity index is 1.70. The first-order valence-electron chi connectivity index (χ1n) is 7.66. The first-order chi connectivity index (χ1) is 12.8. The molecular weight excluding hydrogens is 485 g/mol. The maximum atomic E-state index is 12.4. The maximum absolute atomic E-state index is 12.4. The van der Waals surface area contributed by atoms with Crippen LogP contribution in [-0.2, 0) is 11.3 Å². The summed E-state index contributed by atoms with van der Waals surface area (Å²) >= 11 is 2.92. The Hall–Kier alpha value is -2.47. The van der Waals surface area contributed by atoms with Crippen LogP contribution in [0.25, 0.3) is 0 Å². The summed E-state index contributed by atoms with van der Waals surface area (Å²) in [6.45, 7) is 0.182. The Morgan fingerprint density at radius 3 is 2.52 bits per heavy atom. The molecular formula is C17H12IN3O5S. The van der Waals surface area contributed by atoms with E-state index < -0.39 is 10.8 Å². The molecule has 0 atom stereocenters. The number of anilines is 1. The number of nitro groups is 1. The summed E-state index contributed by atoms with van der Waals surface area (Å²) in [7, 11) is 0. The molecule has 1 aliphatic heterocycles. The number of non-ortho nitro benzene ring substituents is 1. The molecule has 0 radical (unpaired) electrons. The number of imide groups is 1. The molecule has 0 aromatic heterocycles. The molecule has 1 fully saturated rings. The molecule has 1 N–H and O–H groups in total. The second kappa shape index (κ2) is 8.05. The van der Waals surface area contributed by atoms with Crippen LogP contribution in [0, 0.1) is 13.7 Å². The number of carbonyl (C=O) groups is 3. The molecule has 2 aromatic carbocycles. The van der Waals surface area contributed by atoms with Crippen molar-refractivity contribution in [2.75, 3.05) is 11.1 Å². The number of hydrogen-bond acceptors (Lipinski definition) is 6. The molecule has 2 aromatic rings. The zero-order valence-corrected chi connectivity index (χ0v) is 16.7. The number of carbonyl (C=O) groups excluding carboxylic acids is 3. The van der Waals surface area contributed by atoms with Crippen LogP contribution in [0.2, 0.25) is 0 Å². The molecule has 27 heavy (non-hydrogen) atoms. The second-order valence-electron chi connectivity index (χ2n) is 5.61. The smallest absolute Gasteiger partial charge is 0.289 e. The fraction of sp³-hybridized carbons (Fsp3) is 0.118. The summed E-state index contributed by atoms with van der Waals surface area (Å²) in [5.41, 5.74) is 1.30. The number of rotatable bonds is 5. The van der Waals surface area contributed by atoms with Gasteiger partial charge in [-0.2, -0.15) is 0 Å². The van der Waals surface area contributed by atoms with Gasteiger partial charge in [-0.1, -0.05) is 23.9 Å². The molecule has 1 saturated heterocycles. The number of nitrogens with one attached hydrogen (secondary N) is 1. The van der Waals surface area contributed by atoms with Gasteiger partial charge in [0.15, 0.2) is 0 Å². The molecule has 0 bridgehead atoms. The Labute approximate surface area is 171 Å². The minimum Gasteiger partial charge on any atom is -0.322 e. The van der Waals surface area contributed by atoms with Crippen LogP contribution < -0.4 is 5.32 Å². The van der Waals surface area contributed by atoms with Gasteiger partial charge in [-0.25, -0.2) is 0 Å². The highest BCUT2D eigenvalue weighted by Crippen LogP contribution is 2.23. The van der Waals surface area contributed by atoms with Crippen molar-refractivity contribution in [3.63, 3.8) is 0 Å². The van der Waals surface area contributed by atoms with Gasteiger partial charge in [0, 0.05) is 21.4 Å². The highest BCUT2D eigenvalue weighted by molar-refractivity contribution is 14.1. The summed E-state index contributed by atoms with van der Waals surface area (Å²) in [4.78, 5) is 47.2. The van der Waals surface area contributed by atoms with Crippen LogP contribution in [0.5, 0.6) is 0 Å². The highest BCUT2D eigenvalue weighted by Gasteiger charge is 2.29. The monoisotopic (exact) mass is 497 g/mol. The van der Waals surface area contributed by atoms with E-state index in [1.54, 1.807) is 24.3 Å². The molecule has 0 unspecified atom stereocenters. The average molecular weight is 497 g/mol. The molecule has 0 saturated carbocycles. The van der Waals surface area contributed by atoms with Gasteiger partial charge < -0.3 is 5.32 Å². The van der Waals surface area contributed by atoms with Crippen molar-refractivity contribution in [3.05, 3.63) is 67.3 Å². The zero-order chi connectivity index (χ0) is 19.6. The second-order valence-corrected chi connectivity index (χ2v) is 7.70. The third-order valence-corrected chi connectivity index (χ3v) is 5.60. The normalized spacial score (nSPS) is 13.7. The predicted molar refractivity (Wildman–Crippen MR) is 109 cm³/mol. The number of amides is 3. The van der Waals surface area contributed by atoms with E-state index in [4.69, 9.17) is 0 Å². The molecule has 8 nitrogen and oxygen atoms in total. The minimum atomic E-state index is -0.555. The first-order valence-corrected chi connectivity index (χ1v) is 9.73. The number of hydrogen-bond donors (Lipinski definition) is 1. The fourth-order valence-corrected chi connectivity index (χ4v) is 3.71. The van der Waals surface area contributed by atoms with Crippen molar-refractivity contribution >= 4 is 62.8 Å². The van der Waals surface area contributed by atoms with E-state index in [0.717, 1.165) is 17.3 Å². The van der Waals surface area contributed by atoms with E-state index in [2.05, 4.69) is 5.32 Å². The third-order valence-electron chi connectivity index (χ3n) is 3.80. The standard InChI is InChI=1S/C17H12IN3O5S/c18-14-6-5-12(21(25)26)7-13(14)16(23)19-11-3-1-10(2-4-11)8-20-15(22)9-27-17(20)24/h1-7H,8-9H2,(H,19,23). The topological polar surface area (TPSA) is 110 Å². The Morgan fingerprint density at radius 2 is 1.93 bits per heavy atom. The predicted octanol–water partition coefficient (Wildman–Crippen LogP) is 3.65. The van der Waals surface area contributed by atoms with Crippen LogP contribution in [0.3, 0.4) is 0 Å². The Morgan fingerprint density at radius 1 is 1.22 bits per heavy atom. The molecule has 3 amide bonds. The van der Waals surface area contributed by atoms with Crippen molar-refractivity contribution < 1.29 is 19.3 Å². The highest BCUT2D eigenvalue weighted by atomic mass is 127. The molecule has 3 rings (SSSR count). The molecule has 1 aliphatic rings. The maximum Gasteiger partial charge on any atom is 0.289 e. The number of nitrogens with zero attached hydrogens (tertiary/aromatic N) is 2. The van der Waals surface area contributed by atoms with Crippen LogP contribution in [-0.4, -0.2) is 32.6 Å². The van der Waals surface area contributed by atoms with Crippen LogP contribution >= 0.6 is 34.4 Å². The number of nitro benzene ring substituents is 1. The van der Waals surface area contributed by atoms with Gasteiger partial charge in [0.2, 0.25) is 5.91 Å². The van der Waals surface area contributed by atoms with E-state index >= 15 is 0 Å². The van der Waals surface area contributed by atoms with Crippen LogP contribution in [0.1, 0.15) is 15.9 Å². The van der Waals surface area contributed by atoms with E-state index in [9.17, 15) is 24.5 Å². The average Bonchev–Trinajstić information content (AvgIpc) is 2.95. The largest absolute Gasteiger partial charge is 0.322 e. The molecule has 0 spiro atoms. The SMILES string of the molecule is O=C(Nc1ccc(CN2C(=O)CSC2=O)cc1)c1cc([N+](=O)[O-])ccc1I. The summed E-state index contributed by atoms with van der Waals surface area (Å²) in [5.74, 6) is -0.519. The minimum absolute atomic E-state index is 0.159. The summed E-state index contributed by atoms with van der Waals surface area (Å²) < 4.78 is 0.593. The third kappa shape index (κ3) is 4.45. The van der Waals surface area contributed by atoms with Crippen molar-refractivity contribution in [1.82, 2.24) is 4.90 Å². The lowest BCUT2D eigenvalue weighted by atomic mass is 10.1. The van der Waals surface area contributed by atoms with Gasteiger partial charge in [-0.15, -0.1) is 0 Å². The molecule has 1 heterocycles. The van der Waals surface area contributed by atoms with E-state index in [1.807, 2.05) is 22.6 Å². The quantitative estimate of drug-likeness (QED) is 0.384. The van der Waals surface area contributed by atoms with Gasteiger partial charge in [-0.3, -0.25) is 29.4 Å². The number of halogens is 1. The molecule has 138 valence electrons. The van der Waals surface area contributed by atoms with Crippen molar-refractivity contribution in [2.45, 2.75) is 6.54 Å². The van der Waals surface area contributed by atoms with Gasteiger partial charge >= 0.3 is 0 Å². The fourth-order valence-electron chi connectivity index (χ4n) is 2.41. The van der Waals surface area contributed by atoms with Crippen LogP contribution in [0.4, 0.5) is 16.2 Å². The lowest BCUT2D eigenvalue weighted by Crippen LogP contribution is -2.27. The Bertz CT molecular complexity index is 932. The van der Waals surface area contributed by atoms with Gasteiger partial charge in [0.05, 0.1) is 22.8 Å². The Kier molecular flexibility index (Phi) is 5.75. The van der Waals surface area contributed by atoms with E-state index in [1.165, 1.54) is 23.1 Å². The summed E-state index contributed by atoms with van der Waals surface area (Å²) in [6.07, 6.45) is 0. The summed E-state index contributed by atoms with van der Waals surface area (Å²) in [5, 5.41) is 13.3. The van der Waals surface area contributed by atoms with Gasteiger partial charge in [0.25, 0.3) is 16.8 Å². The van der Waals surface area contributed by atoms with Gasteiger partial charge in [0.1, 0.15) is 0 Å². The lowest BCUT2D eigenvalue weighted by Gasteiger charge is -2.13. The lowest BCUT2D eigenvalue weighted by molar-refractivity contribution is -0.384. The zero-order valence-electron chi connectivity index (χ0n) is 13.7. The van der Waals surface area contributed by atoms with Gasteiger partial charge in [-0.05, 0) is 46.4 Å². The van der Waals surface area contributed by atoms with Crippen molar-refractivity contribution in [3.8, 4) is 0 Å². The van der Waals surface area contributed by atoms with Crippen molar-refractivity contribution in [2.24, 2.45) is 0 Å². The molecule has 10 heteroatoms. The van der Waals surface area contributed by atoms with E-state index in [-0.39, 0.29) is 34.7 Å². The number of benzene rings is 2. The van der Waals surface area contributed by atoms with Crippen LogP contribution in [0.15, 0.2) is 42.5 Å². The van der Waals surface area contributed by atoms with Crippen molar-refractivity contribution in [1.29, 1.82) is 0 Å². The summed E-state index contributed by atoms with van der Waals surface area (Å²) in [6, 6.07) is 10.8. The van der Waals surface area contributed by atoms with E-state index in [0.29, 0.717) is 9.26 Å². The number of thioether (sulfide) groups is 1.